The first-order valence-corrected chi connectivity index (χ1v) is 6.65. The van der Waals surface area contributed by atoms with Gasteiger partial charge in [0.15, 0.2) is 0 Å². The summed E-state index contributed by atoms with van der Waals surface area (Å²) in [6.07, 6.45) is 0.892. The van der Waals surface area contributed by atoms with Crippen LogP contribution in [0, 0.1) is 0 Å². The molecule has 1 fully saturated rings. The van der Waals surface area contributed by atoms with Gasteiger partial charge < -0.3 is 10.6 Å². The van der Waals surface area contributed by atoms with Gasteiger partial charge >= 0.3 is 0 Å². The van der Waals surface area contributed by atoms with Crippen molar-refractivity contribution in [1.29, 1.82) is 0 Å². The van der Waals surface area contributed by atoms with Crippen molar-refractivity contribution >= 4 is 5.91 Å². The monoisotopic (exact) mass is 250 g/mol. The number of amides is 1. The molecule has 0 aliphatic carbocycles. The standard InChI is InChI=1S/C13H22N4O/c1-4-17-12(7-11(15-17)9(2)3)13(18)16-6-5-10(14)8-16/h7,9-10H,4-6,8,14H2,1-3H3/t10-/m0/s1. The molecule has 0 saturated carbocycles. The third-order valence-corrected chi connectivity index (χ3v) is 3.42. The van der Waals surface area contributed by atoms with Crippen molar-refractivity contribution in [2.45, 2.75) is 45.7 Å². The molecule has 2 rings (SSSR count). The van der Waals surface area contributed by atoms with E-state index in [1.165, 1.54) is 0 Å². The number of nitrogens with zero attached hydrogens (tertiary/aromatic N) is 3. The Labute approximate surface area is 108 Å². The van der Waals surface area contributed by atoms with Crippen LogP contribution >= 0.6 is 0 Å². The molecule has 1 atom stereocenters. The predicted molar refractivity (Wildman–Crippen MR) is 70.5 cm³/mol. The maximum atomic E-state index is 12.4. The quantitative estimate of drug-likeness (QED) is 0.876. The van der Waals surface area contributed by atoms with Crippen LogP contribution in [0.25, 0.3) is 0 Å². The lowest BCUT2D eigenvalue weighted by molar-refractivity contribution is 0.0778. The fourth-order valence-electron chi connectivity index (χ4n) is 2.27. The van der Waals surface area contributed by atoms with Gasteiger partial charge in [-0.15, -0.1) is 0 Å². The molecule has 5 heteroatoms. The Balaban J connectivity index is 2.23. The van der Waals surface area contributed by atoms with Gasteiger partial charge in [-0.3, -0.25) is 9.48 Å². The number of hydrogen-bond acceptors (Lipinski definition) is 3. The second-order valence-electron chi connectivity index (χ2n) is 5.22. The molecular formula is C13H22N4O. The van der Waals surface area contributed by atoms with E-state index in [2.05, 4.69) is 18.9 Å². The molecule has 1 amide bonds. The number of nitrogens with two attached hydrogens (primary N) is 1. The number of carbonyl (C=O) groups is 1. The number of rotatable bonds is 3. The molecule has 0 aromatic carbocycles. The molecule has 1 aromatic rings. The number of aryl methyl sites for hydroxylation is 1. The van der Waals surface area contributed by atoms with Gasteiger partial charge in [0.1, 0.15) is 5.69 Å². The molecule has 2 N–H and O–H groups in total. The van der Waals surface area contributed by atoms with Crippen molar-refractivity contribution in [2.24, 2.45) is 5.73 Å². The SMILES string of the molecule is CCn1nc(C(C)C)cc1C(=O)N1CC[C@H](N)C1. The normalized spacial score (nSPS) is 19.8. The fourth-order valence-corrected chi connectivity index (χ4v) is 2.27. The first kappa shape index (κ1) is 13.1. The lowest BCUT2D eigenvalue weighted by atomic mass is 10.1. The molecule has 0 bridgehead atoms. The lowest BCUT2D eigenvalue weighted by Gasteiger charge is -2.15. The van der Waals surface area contributed by atoms with Gasteiger partial charge in [0, 0.05) is 25.7 Å². The Bertz CT molecular complexity index is 438. The molecule has 100 valence electrons. The van der Waals surface area contributed by atoms with Gasteiger partial charge in [0.25, 0.3) is 5.91 Å². The van der Waals surface area contributed by atoms with Crippen LogP contribution in [0.4, 0.5) is 0 Å². The van der Waals surface area contributed by atoms with E-state index in [1.54, 1.807) is 4.68 Å². The molecule has 0 unspecified atom stereocenters. The highest BCUT2D eigenvalue weighted by Gasteiger charge is 2.27. The number of aromatic nitrogens is 2. The van der Waals surface area contributed by atoms with Crippen LogP contribution in [-0.2, 0) is 6.54 Å². The second-order valence-corrected chi connectivity index (χ2v) is 5.22. The summed E-state index contributed by atoms with van der Waals surface area (Å²) in [6.45, 7) is 8.30. The number of hydrogen-bond donors (Lipinski definition) is 1. The predicted octanol–water partition coefficient (Wildman–Crippen LogP) is 1.20. The van der Waals surface area contributed by atoms with Crippen molar-refractivity contribution in [1.82, 2.24) is 14.7 Å². The van der Waals surface area contributed by atoms with Crippen molar-refractivity contribution in [3.8, 4) is 0 Å². The van der Waals surface area contributed by atoms with E-state index in [0.717, 1.165) is 18.7 Å². The highest BCUT2D eigenvalue weighted by atomic mass is 16.2. The zero-order valence-corrected chi connectivity index (χ0v) is 11.4. The van der Waals surface area contributed by atoms with Crippen LogP contribution in [-0.4, -0.2) is 39.7 Å². The van der Waals surface area contributed by atoms with E-state index in [4.69, 9.17) is 5.73 Å². The minimum atomic E-state index is 0.0594. The Hall–Kier alpha value is -1.36. The molecule has 1 saturated heterocycles. The number of likely N-dealkylation sites (tertiary alicyclic amines) is 1. The van der Waals surface area contributed by atoms with E-state index in [9.17, 15) is 4.79 Å². The molecule has 1 aliphatic rings. The average molecular weight is 250 g/mol. The third-order valence-electron chi connectivity index (χ3n) is 3.42. The third kappa shape index (κ3) is 2.41. The minimum Gasteiger partial charge on any atom is -0.336 e. The molecular weight excluding hydrogens is 228 g/mol. The van der Waals surface area contributed by atoms with Crippen molar-refractivity contribution in [2.75, 3.05) is 13.1 Å². The summed E-state index contributed by atoms with van der Waals surface area (Å²) >= 11 is 0. The highest BCUT2D eigenvalue weighted by molar-refractivity contribution is 5.93. The first-order chi connectivity index (χ1) is 8.52. The summed E-state index contributed by atoms with van der Waals surface area (Å²) < 4.78 is 1.79. The largest absolute Gasteiger partial charge is 0.336 e. The summed E-state index contributed by atoms with van der Waals surface area (Å²) in [6, 6.07) is 2.04. The summed E-state index contributed by atoms with van der Waals surface area (Å²) in [5.41, 5.74) is 7.51. The van der Waals surface area contributed by atoms with Gasteiger partial charge in [-0.25, -0.2) is 0 Å². The van der Waals surface area contributed by atoms with Gasteiger partial charge in [0.2, 0.25) is 0 Å². The highest BCUT2D eigenvalue weighted by Crippen LogP contribution is 2.18. The Morgan fingerprint density at radius 1 is 1.61 bits per heavy atom. The van der Waals surface area contributed by atoms with Crippen LogP contribution < -0.4 is 5.73 Å². The molecule has 1 aliphatic heterocycles. The van der Waals surface area contributed by atoms with Gasteiger partial charge in [-0.2, -0.15) is 5.10 Å². The van der Waals surface area contributed by atoms with Crippen LogP contribution in [0.3, 0.4) is 0 Å². The van der Waals surface area contributed by atoms with Crippen LogP contribution in [0.1, 0.15) is 49.3 Å². The van der Waals surface area contributed by atoms with E-state index >= 15 is 0 Å². The topological polar surface area (TPSA) is 64.2 Å². The van der Waals surface area contributed by atoms with E-state index in [-0.39, 0.29) is 11.9 Å². The first-order valence-electron chi connectivity index (χ1n) is 6.65. The van der Waals surface area contributed by atoms with Gasteiger partial charge in [-0.05, 0) is 25.3 Å². The summed E-state index contributed by atoms with van der Waals surface area (Å²) in [5.74, 6) is 0.398. The minimum absolute atomic E-state index is 0.0594. The Morgan fingerprint density at radius 3 is 2.83 bits per heavy atom. The lowest BCUT2D eigenvalue weighted by Crippen LogP contribution is -2.33. The summed E-state index contributed by atoms with van der Waals surface area (Å²) in [4.78, 5) is 14.2. The fraction of sp³-hybridized carbons (Fsp3) is 0.692. The molecule has 0 spiro atoms. The summed E-state index contributed by atoms with van der Waals surface area (Å²) in [5, 5.41) is 4.48. The van der Waals surface area contributed by atoms with Crippen molar-refractivity contribution in [3.05, 3.63) is 17.5 Å². The van der Waals surface area contributed by atoms with Crippen LogP contribution in [0.15, 0.2) is 6.07 Å². The maximum absolute atomic E-state index is 12.4. The van der Waals surface area contributed by atoms with Crippen molar-refractivity contribution in [3.63, 3.8) is 0 Å². The number of carbonyl (C=O) groups excluding carboxylic acids is 1. The van der Waals surface area contributed by atoms with Crippen LogP contribution in [0.5, 0.6) is 0 Å². The molecule has 2 heterocycles. The van der Waals surface area contributed by atoms with Crippen LogP contribution in [0.2, 0.25) is 0 Å². The van der Waals surface area contributed by atoms with E-state index in [0.29, 0.717) is 24.7 Å². The van der Waals surface area contributed by atoms with E-state index < -0.39 is 0 Å². The zero-order valence-electron chi connectivity index (χ0n) is 11.4. The average Bonchev–Trinajstić information content (AvgIpc) is 2.93. The second kappa shape index (κ2) is 5.10. The zero-order chi connectivity index (χ0) is 13.3. The molecule has 18 heavy (non-hydrogen) atoms. The molecule has 5 nitrogen and oxygen atoms in total. The summed E-state index contributed by atoms with van der Waals surface area (Å²) in [7, 11) is 0. The van der Waals surface area contributed by atoms with Gasteiger partial charge in [-0.1, -0.05) is 13.8 Å². The Morgan fingerprint density at radius 2 is 2.33 bits per heavy atom. The van der Waals surface area contributed by atoms with Gasteiger partial charge in [0.05, 0.1) is 5.69 Å². The van der Waals surface area contributed by atoms with Crippen molar-refractivity contribution < 1.29 is 4.79 Å². The smallest absolute Gasteiger partial charge is 0.272 e. The molecule has 0 radical (unpaired) electrons. The molecule has 1 aromatic heterocycles. The maximum Gasteiger partial charge on any atom is 0.272 e. The van der Waals surface area contributed by atoms with E-state index in [1.807, 2.05) is 17.9 Å². The Kier molecular flexibility index (Phi) is 3.71.